The number of halogens is 1. The minimum atomic E-state index is -3.76. The molecule has 1 amide bonds. The maximum atomic E-state index is 12.4. The molecule has 1 aromatic heterocycles. The number of anilines is 1. The molecule has 9 heteroatoms. The molecular weight excluding hydrogens is 364 g/mol. The minimum absolute atomic E-state index is 0.0500. The largest absolute Gasteiger partial charge is 0.324 e. The van der Waals surface area contributed by atoms with Gasteiger partial charge in [-0.25, -0.2) is 17.7 Å². The van der Waals surface area contributed by atoms with E-state index in [0.717, 1.165) is 9.82 Å². The van der Waals surface area contributed by atoms with Crippen molar-refractivity contribution >= 4 is 44.5 Å². The Morgan fingerprint density at radius 2 is 1.92 bits per heavy atom. The Morgan fingerprint density at radius 3 is 2.60 bits per heavy atom. The third-order valence-corrected chi connectivity index (χ3v) is 5.87. The van der Waals surface area contributed by atoms with Crippen molar-refractivity contribution < 1.29 is 13.2 Å². The smallest absolute Gasteiger partial charge is 0.258 e. The highest BCUT2D eigenvalue weighted by atomic mass is 35.5. The number of benzene rings is 2. The van der Waals surface area contributed by atoms with Crippen LogP contribution < -0.4 is 5.32 Å². The lowest BCUT2D eigenvalue weighted by molar-refractivity contribution is 0.102. The van der Waals surface area contributed by atoms with Crippen molar-refractivity contribution in [1.29, 1.82) is 0 Å². The Labute approximate surface area is 149 Å². The van der Waals surface area contributed by atoms with Crippen molar-refractivity contribution in [3.63, 3.8) is 0 Å². The molecule has 130 valence electrons. The van der Waals surface area contributed by atoms with E-state index in [1.807, 2.05) is 24.3 Å². The molecule has 1 heterocycles. The lowest BCUT2D eigenvalue weighted by atomic mass is 10.2. The second kappa shape index (κ2) is 6.47. The second-order valence-electron chi connectivity index (χ2n) is 5.49. The minimum Gasteiger partial charge on any atom is -0.324 e. The lowest BCUT2D eigenvalue weighted by Crippen LogP contribution is -2.23. The first-order valence-electron chi connectivity index (χ1n) is 7.27. The van der Waals surface area contributed by atoms with Gasteiger partial charge in [-0.05, 0) is 30.3 Å². The van der Waals surface area contributed by atoms with Crippen LogP contribution in [0.2, 0.25) is 5.02 Å². The molecule has 0 fully saturated rings. The average molecular weight is 379 g/mol. The fourth-order valence-corrected chi connectivity index (χ4v) is 3.62. The summed E-state index contributed by atoms with van der Waals surface area (Å²) in [6.45, 7) is 0. The molecule has 2 N–H and O–H groups in total. The van der Waals surface area contributed by atoms with Gasteiger partial charge in [0.2, 0.25) is 16.0 Å². The van der Waals surface area contributed by atoms with Gasteiger partial charge in [0.15, 0.2) is 0 Å². The van der Waals surface area contributed by atoms with Crippen LogP contribution in [0.5, 0.6) is 0 Å². The summed E-state index contributed by atoms with van der Waals surface area (Å²) in [6, 6.07) is 11.4. The summed E-state index contributed by atoms with van der Waals surface area (Å²) in [5.74, 6) is -0.218. The monoisotopic (exact) mass is 378 g/mol. The van der Waals surface area contributed by atoms with Crippen molar-refractivity contribution in [2.75, 3.05) is 19.4 Å². The van der Waals surface area contributed by atoms with E-state index in [2.05, 4.69) is 15.3 Å². The molecule has 0 aliphatic rings. The first-order valence-corrected chi connectivity index (χ1v) is 9.09. The van der Waals surface area contributed by atoms with Crippen LogP contribution in [0.3, 0.4) is 0 Å². The Morgan fingerprint density at radius 1 is 1.20 bits per heavy atom. The third kappa shape index (κ3) is 3.37. The van der Waals surface area contributed by atoms with E-state index in [4.69, 9.17) is 11.6 Å². The molecule has 0 aliphatic carbocycles. The van der Waals surface area contributed by atoms with Crippen molar-refractivity contribution in [3.05, 3.63) is 53.1 Å². The number of carbonyl (C=O) groups is 1. The molecule has 0 atom stereocenters. The van der Waals surface area contributed by atoms with Crippen molar-refractivity contribution in [2.24, 2.45) is 0 Å². The number of para-hydroxylation sites is 2. The standard InChI is InChI=1S/C16H15ClN4O3S/c1-21(2)25(23,24)14-9-10(7-8-11(14)17)15(22)20-16-18-12-5-3-4-6-13(12)19-16/h3-9H,1-2H3,(H2,18,19,20,22). The van der Waals surface area contributed by atoms with E-state index in [1.54, 1.807) is 0 Å². The maximum absolute atomic E-state index is 12.4. The molecule has 25 heavy (non-hydrogen) atoms. The molecule has 0 spiro atoms. The molecule has 0 bridgehead atoms. The number of hydrogen-bond donors (Lipinski definition) is 2. The van der Waals surface area contributed by atoms with Crippen LogP contribution in [0.15, 0.2) is 47.4 Å². The van der Waals surface area contributed by atoms with Crippen LogP contribution in [0.25, 0.3) is 11.0 Å². The molecular formula is C16H15ClN4O3S. The average Bonchev–Trinajstić information content (AvgIpc) is 2.96. The van der Waals surface area contributed by atoms with E-state index in [1.165, 1.54) is 32.3 Å². The van der Waals surface area contributed by atoms with Crippen LogP contribution in [0.4, 0.5) is 5.95 Å². The SMILES string of the molecule is CN(C)S(=O)(=O)c1cc(C(=O)Nc2nc3ccccc3[nH]2)ccc1Cl. The summed E-state index contributed by atoms with van der Waals surface area (Å²) in [5, 5.41) is 2.67. The lowest BCUT2D eigenvalue weighted by Gasteiger charge is -2.13. The molecule has 0 radical (unpaired) electrons. The number of amides is 1. The van der Waals surface area contributed by atoms with Gasteiger partial charge < -0.3 is 4.98 Å². The first-order chi connectivity index (χ1) is 11.8. The van der Waals surface area contributed by atoms with Gasteiger partial charge in [-0.15, -0.1) is 0 Å². The van der Waals surface area contributed by atoms with Gasteiger partial charge in [0, 0.05) is 19.7 Å². The summed E-state index contributed by atoms with van der Waals surface area (Å²) in [4.78, 5) is 19.5. The number of hydrogen-bond acceptors (Lipinski definition) is 4. The highest BCUT2D eigenvalue weighted by Crippen LogP contribution is 2.25. The summed E-state index contributed by atoms with van der Waals surface area (Å²) >= 11 is 5.99. The molecule has 2 aromatic carbocycles. The molecule has 3 aromatic rings. The predicted octanol–water partition coefficient (Wildman–Crippen LogP) is 2.72. The van der Waals surface area contributed by atoms with E-state index in [0.29, 0.717) is 5.52 Å². The number of aromatic amines is 1. The number of imidazole rings is 1. The fraction of sp³-hybridized carbons (Fsp3) is 0.125. The van der Waals surface area contributed by atoms with E-state index in [9.17, 15) is 13.2 Å². The Hall–Kier alpha value is -2.42. The van der Waals surface area contributed by atoms with Crippen molar-refractivity contribution in [2.45, 2.75) is 4.90 Å². The number of H-pyrrole nitrogens is 1. The fourth-order valence-electron chi connectivity index (χ4n) is 2.23. The number of aromatic nitrogens is 2. The Bertz CT molecular complexity index is 1030. The number of rotatable bonds is 4. The van der Waals surface area contributed by atoms with Gasteiger partial charge in [-0.3, -0.25) is 10.1 Å². The summed E-state index contributed by atoms with van der Waals surface area (Å²) in [5.41, 5.74) is 1.65. The van der Waals surface area contributed by atoms with Crippen LogP contribution in [-0.2, 0) is 10.0 Å². The topological polar surface area (TPSA) is 95.2 Å². The molecule has 0 unspecified atom stereocenters. The molecule has 0 saturated heterocycles. The van der Waals surface area contributed by atoms with Crippen LogP contribution >= 0.6 is 11.6 Å². The van der Waals surface area contributed by atoms with E-state index < -0.39 is 15.9 Å². The van der Waals surface area contributed by atoms with Gasteiger partial charge in [-0.2, -0.15) is 0 Å². The van der Waals surface area contributed by atoms with Gasteiger partial charge in [0.25, 0.3) is 5.91 Å². The van der Waals surface area contributed by atoms with Gasteiger partial charge >= 0.3 is 0 Å². The van der Waals surface area contributed by atoms with Gasteiger partial charge in [0.05, 0.1) is 16.1 Å². The zero-order valence-corrected chi connectivity index (χ0v) is 15.0. The number of fused-ring (bicyclic) bond motifs is 1. The van der Waals surface area contributed by atoms with E-state index in [-0.39, 0.29) is 21.4 Å². The molecule has 0 aliphatic heterocycles. The summed E-state index contributed by atoms with van der Waals surface area (Å²) < 4.78 is 25.6. The zero-order chi connectivity index (χ0) is 18.2. The second-order valence-corrected chi connectivity index (χ2v) is 8.02. The number of nitrogens with zero attached hydrogens (tertiary/aromatic N) is 2. The predicted molar refractivity (Wildman–Crippen MR) is 96.4 cm³/mol. The zero-order valence-electron chi connectivity index (χ0n) is 13.4. The number of carbonyl (C=O) groups excluding carboxylic acids is 1. The number of sulfonamides is 1. The normalized spacial score (nSPS) is 11.8. The quantitative estimate of drug-likeness (QED) is 0.729. The van der Waals surface area contributed by atoms with Crippen LogP contribution in [0.1, 0.15) is 10.4 Å². The molecule has 3 rings (SSSR count). The molecule has 0 saturated carbocycles. The first kappa shape index (κ1) is 17.4. The highest BCUT2D eigenvalue weighted by Gasteiger charge is 2.22. The van der Waals surface area contributed by atoms with Crippen LogP contribution in [-0.4, -0.2) is 42.7 Å². The summed E-state index contributed by atoms with van der Waals surface area (Å²) in [6.07, 6.45) is 0. The third-order valence-electron chi connectivity index (χ3n) is 3.57. The van der Waals surface area contributed by atoms with Crippen molar-refractivity contribution in [3.8, 4) is 0 Å². The van der Waals surface area contributed by atoms with Gasteiger partial charge in [0.1, 0.15) is 4.90 Å². The van der Waals surface area contributed by atoms with Crippen molar-refractivity contribution in [1.82, 2.24) is 14.3 Å². The molecule has 7 nitrogen and oxygen atoms in total. The summed E-state index contributed by atoms with van der Waals surface area (Å²) in [7, 11) is -0.968. The Kier molecular flexibility index (Phi) is 4.51. The highest BCUT2D eigenvalue weighted by molar-refractivity contribution is 7.89. The maximum Gasteiger partial charge on any atom is 0.258 e. The number of nitrogens with one attached hydrogen (secondary N) is 2. The Balaban J connectivity index is 1.92. The van der Waals surface area contributed by atoms with E-state index >= 15 is 0 Å². The van der Waals surface area contributed by atoms with Crippen LogP contribution in [0, 0.1) is 0 Å². The van der Waals surface area contributed by atoms with Gasteiger partial charge in [-0.1, -0.05) is 23.7 Å².